The third kappa shape index (κ3) is 3.08. The Balaban J connectivity index is 2.25. The van der Waals surface area contributed by atoms with Crippen LogP contribution in [0.25, 0.3) is 0 Å². The maximum Gasteiger partial charge on any atom is 0.169 e. The number of nitrogens with one attached hydrogen (secondary N) is 1. The summed E-state index contributed by atoms with van der Waals surface area (Å²) >= 11 is 3.23. The molecule has 68 valence electrons. The summed E-state index contributed by atoms with van der Waals surface area (Å²) in [5, 5.41) is 3.25. The SMILES string of the molecule is CCC(CSc1ncns1)NC. The first-order chi connectivity index (χ1) is 5.86. The second kappa shape index (κ2) is 5.50. The first kappa shape index (κ1) is 9.95. The van der Waals surface area contributed by atoms with Crippen LogP contribution in [0.2, 0.25) is 0 Å². The van der Waals surface area contributed by atoms with Gasteiger partial charge >= 0.3 is 0 Å². The molecule has 1 atom stereocenters. The number of hydrogen-bond acceptors (Lipinski definition) is 5. The molecule has 5 heteroatoms. The van der Waals surface area contributed by atoms with Crippen LogP contribution in [0.4, 0.5) is 0 Å². The van der Waals surface area contributed by atoms with Crippen LogP contribution < -0.4 is 5.32 Å². The quantitative estimate of drug-likeness (QED) is 0.738. The molecule has 0 aromatic carbocycles. The van der Waals surface area contributed by atoms with Gasteiger partial charge in [-0.1, -0.05) is 18.7 Å². The molecule has 0 amide bonds. The van der Waals surface area contributed by atoms with Crippen LogP contribution in [0.5, 0.6) is 0 Å². The molecule has 0 saturated heterocycles. The van der Waals surface area contributed by atoms with Gasteiger partial charge in [-0.25, -0.2) is 4.98 Å². The van der Waals surface area contributed by atoms with E-state index in [1.165, 1.54) is 11.5 Å². The van der Waals surface area contributed by atoms with Gasteiger partial charge in [-0.3, -0.25) is 0 Å². The minimum atomic E-state index is 0.582. The maximum atomic E-state index is 4.10. The van der Waals surface area contributed by atoms with Crippen molar-refractivity contribution < 1.29 is 0 Å². The summed E-state index contributed by atoms with van der Waals surface area (Å²) < 4.78 is 5.00. The lowest BCUT2D eigenvalue weighted by Gasteiger charge is -2.10. The van der Waals surface area contributed by atoms with E-state index in [1.807, 2.05) is 7.05 Å². The van der Waals surface area contributed by atoms with Gasteiger partial charge in [0.15, 0.2) is 4.34 Å². The number of rotatable bonds is 5. The van der Waals surface area contributed by atoms with Gasteiger partial charge in [0, 0.05) is 11.8 Å². The van der Waals surface area contributed by atoms with Gasteiger partial charge < -0.3 is 5.32 Å². The highest BCUT2D eigenvalue weighted by molar-refractivity contribution is 8.00. The molecule has 0 radical (unpaired) electrons. The zero-order valence-electron chi connectivity index (χ0n) is 7.28. The number of nitrogens with zero attached hydrogens (tertiary/aromatic N) is 2. The van der Waals surface area contributed by atoms with Crippen molar-refractivity contribution in [2.75, 3.05) is 12.8 Å². The van der Waals surface area contributed by atoms with Gasteiger partial charge in [0.1, 0.15) is 6.33 Å². The van der Waals surface area contributed by atoms with Gasteiger partial charge in [-0.2, -0.15) is 4.37 Å². The topological polar surface area (TPSA) is 37.8 Å². The molecule has 1 heterocycles. The lowest BCUT2D eigenvalue weighted by molar-refractivity contribution is 0.602. The second-order valence-electron chi connectivity index (χ2n) is 2.41. The van der Waals surface area contributed by atoms with Crippen LogP contribution in [0.3, 0.4) is 0 Å². The van der Waals surface area contributed by atoms with E-state index in [9.17, 15) is 0 Å². The lowest BCUT2D eigenvalue weighted by atomic mass is 10.3. The standard InChI is InChI=1S/C7H13N3S2/c1-3-6(8-2)4-11-7-9-5-10-12-7/h5-6,8H,3-4H2,1-2H3. The molecule has 12 heavy (non-hydrogen) atoms. The Morgan fingerprint density at radius 2 is 2.58 bits per heavy atom. The molecular weight excluding hydrogens is 190 g/mol. The van der Waals surface area contributed by atoms with E-state index in [2.05, 4.69) is 21.6 Å². The number of aromatic nitrogens is 2. The fourth-order valence-electron chi connectivity index (χ4n) is 0.804. The first-order valence-corrected chi connectivity index (χ1v) is 5.69. The molecule has 1 aromatic rings. The highest BCUT2D eigenvalue weighted by Gasteiger charge is 2.04. The van der Waals surface area contributed by atoms with Gasteiger partial charge in [-0.05, 0) is 25.0 Å². The highest BCUT2D eigenvalue weighted by Crippen LogP contribution is 2.19. The maximum absolute atomic E-state index is 4.10. The first-order valence-electron chi connectivity index (χ1n) is 3.93. The molecule has 1 aromatic heterocycles. The Hall–Kier alpha value is -0.130. The van der Waals surface area contributed by atoms with Crippen LogP contribution in [0.1, 0.15) is 13.3 Å². The van der Waals surface area contributed by atoms with Gasteiger partial charge in [0.2, 0.25) is 0 Å². The number of thioether (sulfide) groups is 1. The second-order valence-corrected chi connectivity index (χ2v) is 4.46. The van der Waals surface area contributed by atoms with Crippen molar-refractivity contribution in [2.45, 2.75) is 23.7 Å². The molecule has 0 aliphatic rings. The Bertz CT molecular complexity index is 196. The molecular formula is C7H13N3S2. The molecule has 0 spiro atoms. The van der Waals surface area contributed by atoms with Crippen molar-refractivity contribution in [1.82, 2.24) is 14.7 Å². The molecule has 0 aliphatic heterocycles. The van der Waals surface area contributed by atoms with Crippen molar-refractivity contribution in [3.05, 3.63) is 6.33 Å². The van der Waals surface area contributed by atoms with Gasteiger partial charge in [-0.15, -0.1) is 0 Å². The Morgan fingerprint density at radius 3 is 3.08 bits per heavy atom. The van der Waals surface area contributed by atoms with E-state index >= 15 is 0 Å². The smallest absolute Gasteiger partial charge is 0.169 e. The summed E-state index contributed by atoms with van der Waals surface area (Å²) in [6.07, 6.45) is 2.76. The predicted molar refractivity (Wildman–Crippen MR) is 53.8 cm³/mol. The summed E-state index contributed by atoms with van der Waals surface area (Å²) in [4.78, 5) is 4.10. The van der Waals surface area contributed by atoms with E-state index in [1.54, 1.807) is 18.1 Å². The molecule has 3 nitrogen and oxygen atoms in total. The van der Waals surface area contributed by atoms with Crippen LogP contribution in [-0.4, -0.2) is 28.2 Å². The molecule has 1 unspecified atom stereocenters. The molecule has 0 saturated carbocycles. The summed E-state index contributed by atoms with van der Waals surface area (Å²) in [7, 11) is 1.99. The minimum Gasteiger partial charge on any atom is -0.316 e. The molecule has 1 rings (SSSR count). The Kier molecular flexibility index (Phi) is 4.57. The van der Waals surface area contributed by atoms with Crippen LogP contribution >= 0.6 is 23.3 Å². The Morgan fingerprint density at radius 1 is 1.75 bits per heavy atom. The summed E-state index contributed by atoms with van der Waals surface area (Å²) in [6, 6.07) is 0.582. The third-order valence-corrected chi connectivity index (χ3v) is 3.61. The van der Waals surface area contributed by atoms with E-state index < -0.39 is 0 Å². The lowest BCUT2D eigenvalue weighted by Crippen LogP contribution is -2.26. The summed E-state index contributed by atoms with van der Waals surface area (Å²) in [6.45, 7) is 2.18. The van der Waals surface area contributed by atoms with Crippen molar-refractivity contribution >= 4 is 23.3 Å². The van der Waals surface area contributed by atoms with E-state index in [0.29, 0.717) is 6.04 Å². The average Bonchev–Trinajstić information content (AvgIpc) is 2.59. The van der Waals surface area contributed by atoms with E-state index in [4.69, 9.17) is 0 Å². The van der Waals surface area contributed by atoms with Crippen LogP contribution in [0.15, 0.2) is 10.7 Å². The number of hydrogen-bond donors (Lipinski definition) is 1. The van der Waals surface area contributed by atoms with Crippen LogP contribution in [0, 0.1) is 0 Å². The fraction of sp³-hybridized carbons (Fsp3) is 0.714. The summed E-state index contributed by atoms with van der Waals surface area (Å²) in [5.74, 6) is 1.07. The molecule has 1 N–H and O–H groups in total. The Labute approximate surface area is 81.1 Å². The zero-order valence-corrected chi connectivity index (χ0v) is 8.91. The third-order valence-electron chi connectivity index (χ3n) is 1.65. The van der Waals surface area contributed by atoms with Crippen molar-refractivity contribution in [3.63, 3.8) is 0 Å². The van der Waals surface area contributed by atoms with Gasteiger partial charge in [0.05, 0.1) is 0 Å². The van der Waals surface area contributed by atoms with E-state index in [0.717, 1.165) is 16.5 Å². The molecule has 0 fully saturated rings. The van der Waals surface area contributed by atoms with E-state index in [-0.39, 0.29) is 0 Å². The fourth-order valence-corrected chi connectivity index (χ4v) is 2.49. The normalized spacial score (nSPS) is 13.2. The minimum absolute atomic E-state index is 0.582. The van der Waals surface area contributed by atoms with Gasteiger partial charge in [0.25, 0.3) is 0 Å². The monoisotopic (exact) mass is 203 g/mol. The van der Waals surface area contributed by atoms with Crippen molar-refractivity contribution in [3.8, 4) is 0 Å². The highest BCUT2D eigenvalue weighted by atomic mass is 32.2. The predicted octanol–water partition coefficient (Wildman–Crippen LogP) is 1.63. The zero-order chi connectivity index (χ0) is 8.81. The molecule has 0 bridgehead atoms. The average molecular weight is 203 g/mol. The largest absolute Gasteiger partial charge is 0.316 e. The summed E-state index contributed by atoms with van der Waals surface area (Å²) in [5.41, 5.74) is 0. The van der Waals surface area contributed by atoms with Crippen molar-refractivity contribution in [1.29, 1.82) is 0 Å². The van der Waals surface area contributed by atoms with Crippen LogP contribution in [-0.2, 0) is 0 Å². The van der Waals surface area contributed by atoms with Crippen molar-refractivity contribution in [2.24, 2.45) is 0 Å². The molecule has 0 aliphatic carbocycles.